The van der Waals surface area contributed by atoms with E-state index in [4.69, 9.17) is 23.2 Å². The fourth-order valence-corrected chi connectivity index (χ4v) is 3.16. The van der Waals surface area contributed by atoms with E-state index >= 15 is 0 Å². The molecule has 0 aliphatic carbocycles. The van der Waals surface area contributed by atoms with E-state index in [2.05, 4.69) is 5.32 Å². The Bertz CT molecular complexity index is 638. The van der Waals surface area contributed by atoms with Gasteiger partial charge in [0, 0.05) is 48.7 Å². The highest BCUT2D eigenvalue weighted by Crippen LogP contribution is 2.20. The normalized spacial score (nSPS) is 15.8. The maximum absolute atomic E-state index is 12.5. The Morgan fingerprint density at radius 1 is 1.00 bits per heavy atom. The van der Waals surface area contributed by atoms with Crippen LogP contribution in [0, 0.1) is 0 Å². The van der Waals surface area contributed by atoms with Gasteiger partial charge >= 0.3 is 0 Å². The molecule has 0 saturated carbocycles. The molecule has 1 atom stereocenters. The topological polar surface area (TPSA) is 69.7 Å². The van der Waals surface area contributed by atoms with Crippen molar-refractivity contribution in [1.82, 2.24) is 15.1 Å². The minimum atomic E-state index is -0.573. The summed E-state index contributed by atoms with van der Waals surface area (Å²) in [7, 11) is 0. The summed E-state index contributed by atoms with van der Waals surface area (Å²) in [5, 5.41) is 3.38. The van der Waals surface area contributed by atoms with Crippen LogP contribution in [0.3, 0.4) is 0 Å². The van der Waals surface area contributed by atoms with Crippen molar-refractivity contribution in [2.24, 2.45) is 0 Å². The second-order valence-electron chi connectivity index (χ2n) is 5.70. The summed E-state index contributed by atoms with van der Waals surface area (Å²) < 4.78 is 0. The minimum absolute atomic E-state index is 0.150. The number of hydrogen-bond donors (Lipinski definition) is 1. The molecule has 3 amide bonds. The first-order chi connectivity index (χ1) is 11.3. The molecule has 1 aromatic carbocycles. The molecule has 130 valence electrons. The van der Waals surface area contributed by atoms with Crippen LogP contribution in [0.5, 0.6) is 0 Å². The van der Waals surface area contributed by atoms with Gasteiger partial charge in [0.2, 0.25) is 11.8 Å². The Balaban J connectivity index is 1.95. The Labute approximate surface area is 150 Å². The fraction of sp³-hybridized carbons (Fsp3) is 0.438. The summed E-state index contributed by atoms with van der Waals surface area (Å²) >= 11 is 11.9. The van der Waals surface area contributed by atoms with Gasteiger partial charge in [-0.15, -0.1) is 0 Å². The van der Waals surface area contributed by atoms with E-state index in [1.807, 2.05) is 0 Å². The first-order valence-electron chi connectivity index (χ1n) is 7.59. The summed E-state index contributed by atoms with van der Waals surface area (Å²) in [6, 6.07) is 4.15. The molecule has 0 spiro atoms. The van der Waals surface area contributed by atoms with Crippen molar-refractivity contribution in [3.05, 3.63) is 33.8 Å². The van der Waals surface area contributed by atoms with E-state index in [1.54, 1.807) is 34.9 Å². The second-order valence-corrected chi connectivity index (χ2v) is 6.57. The molecule has 1 heterocycles. The van der Waals surface area contributed by atoms with E-state index in [0.29, 0.717) is 41.8 Å². The molecule has 2 rings (SSSR count). The number of amides is 3. The van der Waals surface area contributed by atoms with E-state index in [1.165, 1.54) is 6.92 Å². The third-order valence-electron chi connectivity index (χ3n) is 3.78. The zero-order valence-corrected chi connectivity index (χ0v) is 15.0. The summed E-state index contributed by atoms with van der Waals surface area (Å²) in [6.07, 6.45) is 0. The highest BCUT2D eigenvalue weighted by molar-refractivity contribution is 6.35. The van der Waals surface area contributed by atoms with Crippen molar-refractivity contribution in [3.8, 4) is 0 Å². The van der Waals surface area contributed by atoms with Gasteiger partial charge in [-0.05, 0) is 25.1 Å². The molecular weight excluding hydrogens is 353 g/mol. The van der Waals surface area contributed by atoms with E-state index in [0.717, 1.165) is 0 Å². The molecule has 1 aliphatic heterocycles. The van der Waals surface area contributed by atoms with E-state index in [9.17, 15) is 14.4 Å². The van der Waals surface area contributed by atoms with Crippen molar-refractivity contribution >= 4 is 40.9 Å². The molecule has 0 bridgehead atoms. The number of nitrogens with one attached hydrogen (secondary N) is 1. The minimum Gasteiger partial charge on any atom is -0.345 e. The number of carbonyl (C=O) groups excluding carboxylic acids is 3. The Kier molecular flexibility index (Phi) is 6.07. The summed E-state index contributed by atoms with van der Waals surface area (Å²) in [5.74, 6) is -0.563. The van der Waals surface area contributed by atoms with Gasteiger partial charge in [0.25, 0.3) is 5.91 Å². The van der Waals surface area contributed by atoms with Gasteiger partial charge < -0.3 is 15.1 Å². The quantitative estimate of drug-likeness (QED) is 0.880. The number of nitrogens with zero attached hydrogens (tertiary/aromatic N) is 2. The van der Waals surface area contributed by atoms with Crippen LogP contribution in [0.2, 0.25) is 10.0 Å². The largest absolute Gasteiger partial charge is 0.345 e. The van der Waals surface area contributed by atoms with Crippen LogP contribution in [0.25, 0.3) is 0 Å². The van der Waals surface area contributed by atoms with Gasteiger partial charge in [-0.1, -0.05) is 23.2 Å². The highest BCUT2D eigenvalue weighted by atomic mass is 35.5. The lowest BCUT2D eigenvalue weighted by Crippen LogP contribution is -2.55. The van der Waals surface area contributed by atoms with E-state index in [-0.39, 0.29) is 17.7 Å². The maximum Gasteiger partial charge on any atom is 0.254 e. The van der Waals surface area contributed by atoms with Crippen molar-refractivity contribution in [2.45, 2.75) is 19.9 Å². The van der Waals surface area contributed by atoms with Gasteiger partial charge in [-0.2, -0.15) is 0 Å². The van der Waals surface area contributed by atoms with Crippen molar-refractivity contribution < 1.29 is 14.4 Å². The molecule has 24 heavy (non-hydrogen) atoms. The molecule has 0 radical (unpaired) electrons. The van der Waals surface area contributed by atoms with Gasteiger partial charge in [-0.3, -0.25) is 14.4 Å². The van der Waals surface area contributed by atoms with E-state index < -0.39 is 6.04 Å². The molecule has 1 aromatic rings. The van der Waals surface area contributed by atoms with Gasteiger partial charge in [0.15, 0.2) is 0 Å². The maximum atomic E-state index is 12.5. The standard InChI is InChI=1S/C16H19Cl2N3O3/c1-10(19-11(2)22)15(23)20-3-5-21(6-4-20)16(24)12-7-13(17)9-14(18)8-12/h7-10H,3-6H2,1-2H3,(H,19,22). The van der Waals surface area contributed by atoms with Crippen LogP contribution in [0.1, 0.15) is 24.2 Å². The van der Waals surface area contributed by atoms with Crippen molar-refractivity contribution in [3.63, 3.8) is 0 Å². The number of halogens is 2. The molecule has 8 heteroatoms. The predicted molar refractivity (Wildman–Crippen MR) is 92.2 cm³/mol. The number of rotatable bonds is 3. The average Bonchev–Trinajstić information content (AvgIpc) is 2.52. The Hall–Kier alpha value is -1.79. The number of carbonyl (C=O) groups is 3. The van der Waals surface area contributed by atoms with Gasteiger partial charge in [0.1, 0.15) is 6.04 Å². The van der Waals surface area contributed by atoms with Crippen LogP contribution in [-0.2, 0) is 9.59 Å². The smallest absolute Gasteiger partial charge is 0.254 e. The number of piperazine rings is 1. The zero-order chi connectivity index (χ0) is 17.9. The molecule has 6 nitrogen and oxygen atoms in total. The first-order valence-corrected chi connectivity index (χ1v) is 8.35. The predicted octanol–water partition coefficient (Wildman–Crippen LogP) is 1.80. The number of hydrogen-bond acceptors (Lipinski definition) is 3. The van der Waals surface area contributed by atoms with Crippen molar-refractivity contribution in [1.29, 1.82) is 0 Å². The van der Waals surface area contributed by atoms with Crippen molar-refractivity contribution in [2.75, 3.05) is 26.2 Å². The molecule has 1 aliphatic rings. The Morgan fingerprint density at radius 2 is 1.50 bits per heavy atom. The highest BCUT2D eigenvalue weighted by Gasteiger charge is 2.27. The number of benzene rings is 1. The van der Waals surface area contributed by atoms with Gasteiger partial charge in [-0.25, -0.2) is 0 Å². The molecule has 1 unspecified atom stereocenters. The SMILES string of the molecule is CC(=O)NC(C)C(=O)N1CCN(C(=O)c2cc(Cl)cc(Cl)c2)CC1. The van der Waals surface area contributed by atoms with Crippen LogP contribution in [-0.4, -0.2) is 59.7 Å². The molecule has 1 saturated heterocycles. The molecular formula is C16H19Cl2N3O3. The third-order valence-corrected chi connectivity index (χ3v) is 4.21. The lowest BCUT2D eigenvalue weighted by Gasteiger charge is -2.36. The van der Waals surface area contributed by atoms with Crippen LogP contribution < -0.4 is 5.32 Å². The summed E-state index contributed by atoms with van der Waals surface area (Å²) in [5.41, 5.74) is 0.430. The average molecular weight is 372 g/mol. The van der Waals surface area contributed by atoms with Crippen LogP contribution in [0.15, 0.2) is 18.2 Å². The molecule has 1 N–H and O–H groups in total. The van der Waals surface area contributed by atoms with Crippen LogP contribution >= 0.6 is 23.2 Å². The summed E-state index contributed by atoms with van der Waals surface area (Å²) in [4.78, 5) is 39.1. The lowest BCUT2D eigenvalue weighted by atomic mass is 10.1. The molecule has 1 fully saturated rings. The second kappa shape index (κ2) is 7.85. The Morgan fingerprint density at radius 3 is 2.00 bits per heavy atom. The first kappa shape index (κ1) is 18.5. The van der Waals surface area contributed by atoms with Gasteiger partial charge in [0.05, 0.1) is 0 Å². The fourth-order valence-electron chi connectivity index (χ4n) is 2.63. The van der Waals surface area contributed by atoms with Crippen LogP contribution in [0.4, 0.5) is 0 Å². The zero-order valence-electron chi connectivity index (χ0n) is 13.5. The lowest BCUT2D eigenvalue weighted by molar-refractivity contribution is -0.136. The monoisotopic (exact) mass is 371 g/mol. The third kappa shape index (κ3) is 4.61. The molecule has 0 aromatic heterocycles. The summed E-state index contributed by atoms with van der Waals surface area (Å²) in [6.45, 7) is 4.69.